The lowest BCUT2D eigenvalue weighted by atomic mass is 9.85. The van der Waals surface area contributed by atoms with Gasteiger partial charge in [0.15, 0.2) is 0 Å². The minimum absolute atomic E-state index is 0.126. The van der Waals surface area contributed by atoms with Gasteiger partial charge in [-0.1, -0.05) is 12.2 Å². The summed E-state index contributed by atoms with van der Waals surface area (Å²) in [6.45, 7) is 0. The first kappa shape index (κ1) is 19.9. The Bertz CT molecular complexity index is 1160. The Morgan fingerprint density at radius 1 is 1.06 bits per heavy atom. The number of hydrogen-bond acceptors (Lipinski definition) is 6. The van der Waals surface area contributed by atoms with Crippen molar-refractivity contribution in [3.63, 3.8) is 0 Å². The number of carbonyl (C=O) groups is 3. The molecule has 32 heavy (non-hydrogen) atoms. The Labute approximate surface area is 182 Å². The van der Waals surface area contributed by atoms with Crippen LogP contribution in [0.4, 0.5) is 17.1 Å². The summed E-state index contributed by atoms with van der Waals surface area (Å²) in [5.41, 5.74) is 0.676. The molecule has 0 aromatic heterocycles. The SMILES string of the molecule is COc1ccc([N+](=O)[O-])cc1NC(=O)c1ccc(N2C(=O)C3C4C=CC(C4)C3C2=O)cc1. The summed E-state index contributed by atoms with van der Waals surface area (Å²) >= 11 is 0. The van der Waals surface area contributed by atoms with E-state index in [1.54, 1.807) is 12.1 Å². The van der Waals surface area contributed by atoms with Gasteiger partial charge in [0, 0.05) is 17.7 Å². The number of methoxy groups -OCH3 is 1. The number of nitro groups is 1. The Hall–Kier alpha value is -4.01. The summed E-state index contributed by atoms with van der Waals surface area (Å²) in [7, 11) is 1.40. The Kier molecular flexibility index (Phi) is 4.54. The fourth-order valence-electron chi connectivity index (χ4n) is 5.02. The van der Waals surface area contributed by atoms with Crippen LogP contribution in [-0.4, -0.2) is 29.8 Å². The normalized spacial score (nSPS) is 25.2. The van der Waals surface area contributed by atoms with Crippen molar-refractivity contribution < 1.29 is 24.0 Å². The van der Waals surface area contributed by atoms with Gasteiger partial charge in [0.25, 0.3) is 11.6 Å². The summed E-state index contributed by atoms with van der Waals surface area (Å²) in [5, 5.41) is 13.6. The van der Waals surface area contributed by atoms with Crippen LogP contribution in [0.15, 0.2) is 54.6 Å². The second-order valence-corrected chi connectivity index (χ2v) is 8.15. The predicted molar refractivity (Wildman–Crippen MR) is 114 cm³/mol. The van der Waals surface area contributed by atoms with E-state index < -0.39 is 10.8 Å². The molecule has 1 saturated heterocycles. The van der Waals surface area contributed by atoms with E-state index in [1.165, 1.54) is 42.3 Å². The molecule has 3 amide bonds. The molecule has 2 aromatic carbocycles. The zero-order valence-electron chi connectivity index (χ0n) is 17.1. The molecule has 9 nitrogen and oxygen atoms in total. The van der Waals surface area contributed by atoms with Gasteiger partial charge in [-0.25, -0.2) is 0 Å². The number of nitro benzene ring substituents is 1. The molecule has 2 aliphatic carbocycles. The number of rotatable bonds is 5. The maximum Gasteiger partial charge on any atom is 0.271 e. The number of allylic oxidation sites excluding steroid dienone is 2. The quantitative estimate of drug-likeness (QED) is 0.335. The lowest BCUT2D eigenvalue weighted by Crippen LogP contribution is -2.32. The van der Waals surface area contributed by atoms with Gasteiger partial charge in [0.2, 0.25) is 11.8 Å². The number of nitrogens with one attached hydrogen (secondary N) is 1. The summed E-state index contributed by atoms with van der Waals surface area (Å²) < 4.78 is 5.16. The van der Waals surface area contributed by atoms with Crippen molar-refractivity contribution in [2.75, 3.05) is 17.3 Å². The van der Waals surface area contributed by atoms with Crippen LogP contribution >= 0.6 is 0 Å². The molecule has 4 unspecified atom stereocenters. The zero-order valence-corrected chi connectivity index (χ0v) is 17.1. The molecule has 1 N–H and O–H groups in total. The van der Waals surface area contributed by atoms with Gasteiger partial charge in [0.05, 0.1) is 35.2 Å². The maximum absolute atomic E-state index is 12.9. The molecule has 9 heteroatoms. The van der Waals surface area contributed by atoms with E-state index in [2.05, 4.69) is 5.32 Å². The van der Waals surface area contributed by atoms with Gasteiger partial charge < -0.3 is 10.1 Å². The van der Waals surface area contributed by atoms with Gasteiger partial charge in [-0.15, -0.1) is 0 Å². The number of amides is 3. The van der Waals surface area contributed by atoms with Crippen LogP contribution < -0.4 is 15.0 Å². The van der Waals surface area contributed by atoms with Gasteiger partial charge in [-0.2, -0.15) is 0 Å². The molecule has 4 atom stereocenters. The zero-order chi connectivity index (χ0) is 22.6. The monoisotopic (exact) mass is 433 g/mol. The molecule has 0 radical (unpaired) electrons. The molecule has 162 valence electrons. The number of anilines is 2. The highest BCUT2D eigenvalue weighted by atomic mass is 16.6. The summed E-state index contributed by atoms with van der Waals surface area (Å²) in [5.74, 6) is -0.922. The van der Waals surface area contributed by atoms with Crippen molar-refractivity contribution in [3.05, 3.63) is 70.3 Å². The average Bonchev–Trinajstić information content (AvgIpc) is 3.47. The number of benzene rings is 2. The molecule has 5 rings (SSSR count). The molecule has 0 spiro atoms. The van der Waals surface area contributed by atoms with E-state index in [0.717, 1.165) is 6.42 Å². The van der Waals surface area contributed by atoms with Crippen molar-refractivity contribution in [1.82, 2.24) is 0 Å². The lowest BCUT2D eigenvalue weighted by molar-refractivity contribution is -0.384. The highest BCUT2D eigenvalue weighted by Crippen LogP contribution is 2.53. The molecular formula is C23H19N3O6. The Morgan fingerprint density at radius 2 is 1.69 bits per heavy atom. The van der Waals surface area contributed by atoms with Crippen LogP contribution in [0.25, 0.3) is 0 Å². The van der Waals surface area contributed by atoms with E-state index in [1.807, 2.05) is 12.2 Å². The van der Waals surface area contributed by atoms with Crippen LogP contribution in [-0.2, 0) is 9.59 Å². The standard InChI is InChI=1S/C23H19N3O6/c1-32-18-9-8-16(26(30)31)11-17(18)24-21(27)12-4-6-15(7-5-12)25-22(28)19-13-2-3-14(10-13)20(19)23(25)29/h2-9,11,13-14,19-20H,10H2,1H3,(H,24,27). The molecule has 2 fully saturated rings. The van der Waals surface area contributed by atoms with E-state index in [-0.39, 0.29) is 58.2 Å². The van der Waals surface area contributed by atoms with E-state index in [4.69, 9.17) is 4.74 Å². The highest BCUT2D eigenvalue weighted by molar-refractivity contribution is 6.23. The van der Waals surface area contributed by atoms with Crippen LogP contribution in [0.5, 0.6) is 5.75 Å². The van der Waals surface area contributed by atoms with Crippen LogP contribution in [0.1, 0.15) is 16.8 Å². The molecule has 1 heterocycles. The first-order valence-corrected chi connectivity index (χ1v) is 10.2. The fraction of sp³-hybridized carbons (Fsp3) is 0.261. The van der Waals surface area contributed by atoms with Crippen LogP contribution in [0.3, 0.4) is 0 Å². The second kappa shape index (κ2) is 7.30. The lowest BCUT2D eigenvalue weighted by Gasteiger charge is -2.17. The molecule has 1 saturated carbocycles. The topological polar surface area (TPSA) is 119 Å². The van der Waals surface area contributed by atoms with E-state index in [9.17, 15) is 24.5 Å². The largest absolute Gasteiger partial charge is 0.495 e. The molecule has 3 aliphatic rings. The minimum atomic E-state index is -0.564. The summed E-state index contributed by atoms with van der Waals surface area (Å²) in [6, 6.07) is 10.0. The van der Waals surface area contributed by atoms with Crippen LogP contribution in [0, 0.1) is 33.8 Å². The third-order valence-electron chi connectivity index (χ3n) is 6.50. The van der Waals surface area contributed by atoms with Gasteiger partial charge in [-0.3, -0.25) is 29.4 Å². The number of ether oxygens (including phenoxy) is 1. The van der Waals surface area contributed by atoms with Gasteiger partial charge in [-0.05, 0) is 48.6 Å². The number of non-ortho nitro benzene ring substituents is 1. The molecule has 2 bridgehead atoms. The molecule has 1 aliphatic heterocycles. The predicted octanol–water partition coefficient (Wildman–Crippen LogP) is 3.17. The molecule has 2 aromatic rings. The van der Waals surface area contributed by atoms with Crippen molar-refractivity contribution in [2.24, 2.45) is 23.7 Å². The first-order valence-electron chi connectivity index (χ1n) is 10.2. The molecular weight excluding hydrogens is 414 g/mol. The fourth-order valence-corrected chi connectivity index (χ4v) is 5.02. The Morgan fingerprint density at radius 3 is 2.25 bits per heavy atom. The number of hydrogen-bond donors (Lipinski definition) is 1. The first-order chi connectivity index (χ1) is 15.4. The average molecular weight is 433 g/mol. The third-order valence-corrected chi connectivity index (χ3v) is 6.50. The Balaban J connectivity index is 1.35. The van der Waals surface area contributed by atoms with E-state index in [0.29, 0.717) is 5.69 Å². The minimum Gasteiger partial charge on any atom is -0.495 e. The number of carbonyl (C=O) groups excluding carboxylic acids is 3. The van der Waals surface area contributed by atoms with Crippen molar-refractivity contribution >= 4 is 34.8 Å². The van der Waals surface area contributed by atoms with Crippen molar-refractivity contribution in [3.8, 4) is 5.75 Å². The number of fused-ring (bicyclic) bond motifs is 5. The van der Waals surface area contributed by atoms with Gasteiger partial charge in [0.1, 0.15) is 5.75 Å². The van der Waals surface area contributed by atoms with Gasteiger partial charge >= 0.3 is 0 Å². The maximum atomic E-state index is 12.9. The van der Waals surface area contributed by atoms with Crippen LogP contribution in [0.2, 0.25) is 0 Å². The highest BCUT2D eigenvalue weighted by Gasteiger charge is 2.59. The van der Waals surface area contributed by atoms with E-state index >= 15 is 0 Å². The van der Waals surface area contributed by atoms with Crippen molar-refractivity contribution in [1.29, 1.82) is 0 Å². The second-order valence-electron chi connectivity index (χ2n) is 8.15. The number of nitrogens with zero attached hydrogens (tertiary/aromatic N) is 2. The smallest absolute Gasteiger partial charge is 0.271 e. The summed E-state index contributed by atoms with van der Waals surface area (Å²) in [4.78, 5) is 50.2. The summed E-state index contributed by atoms with van der Waals surface area (Å²) in [6.07, 6.45) is 4.94. The van der Waals surface area contributed by atoms with Crippen molar-refractivity contribution in [2.45, 2.75) is 6.42 Å². The third kappa shape index (κ3) is 2.96. The number of imide groups is 1.